The van der Waals surface area contributed by atoms with Crippen molar-refractivity contribution in [3.05, 3.63) is 108 Å². The largest absolute Gasteiger partial charge is 0.415 e. The number of hydrogen-bond acceptors (Lipinski definition) is 3. The third kappa shape index (κ3) is 5.63. The Bertz CT molecular complexity index is 1100. The molecule has 0 N–H and O–H groups in total. The third-order valence-corrected chi connectivity index (χ3v) is 13.8. The van der Waals surface area contributed by atoms with Gasteiger partial charge in [-0.1, -0.05) is 112 Å². The van der Waals surface area contributed by atoms with E-state index in [0.717, 1.165) is 32.8 Å². The fourth-order valence-corrected chi connectivity index (χ4v) is 7.00. The Kier molecular flexibility index (Phi) is 7.48. The van der Waals surface area contributed by atoms with Crippen LogP contribution in [0.25, 0.3) is 0 Å². The summed E-state index contributed by atoms with van der Waals surface area (Å²) < 4.78 is 6.99. The number of benzene rings is 3. The van der Waals surface area contributed by atoms with Gasteiger partial charge in [0.05, 0.1) is 12.6 Å². The Morgan fingerprint density at radius 1 is 0.811 bits per heavy atom. The predicted octanol–water partition coefficient (Wildman–Crippen LogP) is 7.35. The van der Waals surface area contributed by atoms with Crippen molar-refractivity contribution in [1.82, 2.24) is 9.80 Å². The zero-order valence-electron chi connectivity index (χ0n) is 23.4. The summed E-state index contributed by atoms with van der Waals surface area (Å²) >= 11 is 0. The molecular weight excluding hydrogens is 468 g/mol. The molecule has 2 fully saturated rings. The smallest absolute Gasteiger partial charge is 0.192 e. The maximum atomic E-state index is 6.99. The first kappa shape index (κ1) is 26.4. The van der Waals surface area contributed by atoms with Crippen molar-refractivity contribution in [3.8, 4) is 0 Å². The van der Waals surface area contributed by atoms with Crippen molar-refractivity contribution in [2.75, 3.05) is 13.2 Å². The number of piperidine rings is 1. The molecule has 0 bridgehead atoms. The fraction of sp³-hybridized carbons (Fsp3) is 0.455. The van der Waals surface area contributed by atoms with E-state index in [1.807, 2.05) is 0 Å². The summed E-state index contributed by atoms with van der Waals surface area (Å²) in [4.78, 5) is 5.53. The van der Waals surface area contributed by atoms with E-state index >= 15 is 0 Å². The Labute approximate surface area is 225 Å². The molecule has 0 unspecified atom stereocenters. The molecule has 37 heavy (non-hydrogen) atoms. The summed E-state index contributed by atoms with van der Waals surface area (Å²) in [6.07, 6.45) is 1.27. The van der Waals surface area contributed by atoms with Gasteiger partial charge in [0.15, 0.2) is 8.32 Å². The van der Waals surface area contributed by atoms with Crippen LogP contribution in [-0.4, -0.2) is 42.8 Å². The lowest BCUT2D eigenvalue weighted by Gasteiger charge is -2.43. The summed E-state index contributed by atoms with van der Waals surface area (Å²) in [6, 6.07) is 33.4. The first-order chi connectivity index (χ1) is 17.7. The minimum atomic E-state index is -1.87. The van der Waals surface area contributed by atoms with E-state index in [4.69, 9.17) is 4.43 Å². The van der Waals surface area contributed by atoms with Crippen LogP contribution in [0.4, 0.5) is 0 Å². The molecule has 3 aromatic carbocycles. The lowest BCUT2D eigenvalue weighted by atomic mass is 10.0. The second kappa shape index (κ2) is 10.5. The molecule has 2 aliphatic rings. The average molecular weight is 513 g/mol. The molecule has 0 amide bonds. The number of nitrogens with zero attached hydrogens (tertiary/aromatic N) is 2. The molecule has 1 saturated carbocycles. The lowest BCUT2D eigenvalue weighted by molar-refractivity contribution is 0.0496. The van der Waals surface area contributed by atoms with Crippen molar-refractivity contribution < 1.29 is 4.43 Å². The van der Waals surface area contributed by atoms with Gasteiger partial charge >= 0.3 is 0 Å². The quantitative estimate of drug-likeness (QED) is 0.264. The standard InChI is InChI=1S/C33H44N2OSi/c1-32(2,3)37(4,5)36-26-31-33(21-30(33)25-34(31)22-27-15-9-6-10-16-27)35(23-28-17-11-7-12-18-28)24-29-19-13-8-14-20-29/h6-20,30-31H,21-26H2,1-5H3/t30-,31-,33+/m0/s1. The van der Waals surface area contributed by atoms with Crippen molar-refractivity contribution in [3.63, 3.8) is 0 Å². The van der Waals surface area contributed by atoms with Crippen LogP contribution in [0.1, 0.15) is 43.9 Å². The highest BCUT2D eigenvalue weighted by molar-refractivity contribution is 6.74. The monoisotopic (exact) mass is 512 g/mol. The summed E-state index contributed by atoms with van der Waals surface area (Å²) in [5.41, 5.74) is 4.34. The summed E-state index contributed by atoms with van der Waals surface area (Å²) in [5, 5.41) is 0.208. The highest BCUT2D eigenvalue weighted by atomic mass is 28.4. The van der Waals surface area contributed by atoms with Crippen LogP contribution in [0.3, 0.4) is 0 Å². The Hall–Kier alpha value is -2.24. The van der Waals surface area contributed by atoms with E-state index in [9.17, 15) is 0 Å². The normalized spacial score (nSPS) is 23.8. The average Bonchev–Trinajstić information content (AvgIpc) is 3.51. The lowest BCUT2D eigenvalue weighted by Crippen LogP contribution is -2.54. The second-order valence-corrected chi connectivity index (χ2v) is 17.5. The first-order valence-corrected chi connectivity index (χ1v) is 16.8. The van der Waals surface area contributed by atoms with E-state index < -0.39 is 8.32 Å². The minimum absolute atomic E-state index is 0.156. The molecule has 1 aliphatic heterocycles. The maximum absolute atomic E-state index is 6.99. The van der Waals surface area contributed by atoms with E-state index in [1.165, 1.54) is 23.1 Å². The van der Waals surface area contributed by atoms with Crippen molar-refractivity contribution in [2.45, 2.75) is 76.5 Å². The van der Waals surface area contributed by atoms with Gasteiger partial charge in [0, 0.05) is 31.7 Å². The van der Waals surface area contributed by atoms with Crippen molar-refractivity contribution in [2.24, 2.45) is 5.92 Å². The number of fused-ring (bicyclic) bond motifs is 1. The van der Waals surface area contributed by atoms with Gasteiger partial charge in [-0.3, -0.25) is 9.80 Å². The van der Waals surface area contributed by atoms with Crippen LogP contribution in [0.15, 0.2) is 91.0 Å². The van der Waals surface area contributed by atoms with E-state index in [1.54, 1.807) is 0 Å². The van der Waals surface area contributed by atoms with Gasteiger partial charge in [-0.2, -0.15) is 0 Å². The number of hydrogen-bond donors (Lipinski definition) is 0. The molecule has 0 spiro atoms. The second-order valence-electron chi connectivity index (χ2n) is 12.7. The summed E-state index contributed by atoms with van der Waals surface area (Å²) in [6.45, 7) is 16.8. The van der Waals surface area contributed by atoms with Gasteiger partial charge in [-0.25, -0.2) is 0 Å². The minimum Gasteiger partial charge on any atom is -0.415 e. The van der Waals surface area contributed by atoms with Crippen molar-refractivity contribution in [1.29, 1.82) is 0 Å². The van der Waals surface area contributed by atoms with E-state index in [-0.39, 0.29) is 10.6 Å². The SMILES string of the molecule is CC(C)(C)[Si](C)(C)OC[C@@H]1N(Cc2ccccc2)C[C@@H]2C[C@@]21N(Cc1ccccc1)Cc1ccccc1. The topological polar surface area (TPSA) is 15.7 Å². The summed E-state index contributed by atoms with van der Waals surface area (Å²) in [7, 11) is -1.87. The van der Waals surface area contributed by atoms with Crippen LogP contribution < -0.4 is 0 Å². The third-order valence-electron chi connectivity index (χ3n) is 9.25. The van der Waals surface area contributed by atoms with Crippen molar-refractivity contribution >= 4 is 8.32 Å². The Morgan fingerprint density at radius 2 is 1.30 bits per heavy atom. The van der Waals surface area contributed by atoms with E-state index in [0.29, 0.717) is 12.0 Å². The van der Waals surface area contributed by atoms with E-state index in [2.05, 4.69) is 135 Å². The maximum Gasteiger partial charge on any atom is 0.192 e. The van der Waals surface area contributed by atoms with Crippen LogP contribution in [0, 0.1) is 5.92 Å². The van der Waals surface area contributed by atoms with Gasteiger partial charge in [-0.15, -0.1) is 0 Å². The first-order valence-electron chi connectivity index (χ1n) is 13.9. The molecule has 3 atom stereocenters. The predicted molar refractivity (Wildman–Crippen MR) is 157 cm³/mol. The highest BCUT2D eigenvalue weighted by Gasteiger charge is 2.68. The zero-order valence-corrected chi connectivity index (χ0v) is 24.4. The van der Waals surface area contributed by atoms with Gasteiger partial charge in [0.1, 0.15) is 0 Å². The molecular formula is C33H44N2OSi. The zero-order chi connectivity index (χ0) is 26.1. The number of likely N-dealkylation sites (tertiary alicyclic amines) is 1. The fourth-order valence-electron chi connectivity index (χ4n) is 6.00. The van der Waals surface area contributed by atoms with Gasteiger partial charge in [0.2, 0.25) is 0 Å². The molecule has 196 valence electrons. The Balaban J connectivity index is 1.47. The summed E-state index contributed by atoms with van der Waals surface area (Å²) in [5.74, 6) is 0.691. The molecule has 3 aromatic rings. The molecule has 1 heterocycles. The van der Waals surface area contributed by atoms with Crippen LogP contribution in [-0.2, 0) is 24.1 Å². The van der Waals surface area contributed by atoms with Gasteiger partial charge < -0.3 is 4.43 Å². The molecule has 3 nitrogen and oxygen atoms in total. The molecule has 0 radical (unpaired) electrons. The molecule has 5 rings (SSSR count). The van der Waals surface area contributed by atoms with Crippen LogP contribution in [0.2, 0.25) is 18.1 Å². The molecule has 0 aromatic heterocycles. The molecule has 1 saturated heterocycles. The molecule has 1 aliphatic carbocycles. The van der Waals surface area contributed by atoms with Crippen LogP contribution in [0.5, 0.6) is 0 Å². The number of rotatable bonds is 10. The Morgan fingerprint density at radius 3 is 1.78 bits per heavy atom. The van der Waals surface area contributed by atoms with Gasteiger partial charge in [-0.05, 0) is 47.2 Å². The molecule has 4 heteroatoms. The van der Waals surface area contributed by atoms with Crippen LogP contribution >= 0.6 is 0 Å². The van der Waals surface area contributed by atoms with Gasteiger partial charge in [0.25, 0.3) is 0 Å². The highest BCUT2D eigenvalue weighted by Crippen LogP contribution is 2.59.